The molecule has 23 heavy (non-hydrogen) atoms. The summed E-state index contributed by atoms with van der Waals surface area (Å²) >= 11 is 0. The van der Waals surface area contributed by atoms with Gasteiger partial charge in [-0.2, -0.15) is 0 Å². The van der Waals surface area contributed by atoms with Crippen LogP contribution in [0.1, 0.15) is 63.9 Å². The lowest BCUT2D eigenvalue weighted by Crippen LogP contribution is -2.25. The van der Waals surface area contributed by atoms with Crippen LogP contribution in [0.3, 0.4) is 0 Å². The first-order chi connectivity index (χ1) is 11.2. The van der Waals surface area contributed by atoms with Crippen molar-refractivity contribution in [2.24, 2.45) is 16.3 Å². The van der Waals surface area contributed by atoms with Gasteiger partial charge in [0, 0.05) is 17.5 Å². The molecule has 0 N–H and O–H groups in total. The molecule has 0 spiro atoms. The lowest BCUT2D eigenvalue weighted by molar-refractivity contribution is 0.345. The van der Waals surface area contributed by atoms with E-state index < -0.39 is 0 Å². The molecule has 2 aliphatic rings. The Balaban J connectivity index is 1.81. The number of allylic oxidation sites excluding steroid dienone is 4. The molecule has 1 aromatic rings. The molecule has 1 nitrogen and oxygen atoms in total. The highest BCUT2D eigenvalue weighted by Crippen LogP contribution is 2.36. The monoisotopic (exact) mass is 307 g/mol. The number of rotatable bonds is 4. The van der Waals surface area contributed by atoms with E-state index in [4.69, 9.17) is 4.99 Å². The van der Waals surface area contributed by atoms with Crippen LogP contribution in [0, 0.1) is 11.3 Å². The highest BCUT2D eigenvalue weighted by atomic mass is 14.7. The predicted molar refractivity (Wildman–Crippen MR) is 101 cm³/mol. The summed E-state index contributed by atoms with van der Waals surface area (Å²) in [6, 6.07) is 8.67. The maximum absolute atomic E-state index is 4.94. The smallest absolute Gasteiger partial charge is 0.0663 e. The third-order valence-electron chi connectivity index (χ3n) is 5.34. The number of hydrogen-bond acceptors (Lipinski definition) is 1. The molecule has 0 amide bonds. The Bertz CT molecular complexity index is 606. The third kappa shape index (κ3) is 4.02. The summed E-state index contributed by atoms with van der Waals surface area (Å²) in [4.78, 5) is 4.94. The van der Waals surface area contributed by atoms with Crippen LogP contribution in [0.15, 0.2) is 53.6 Å². The molecule has 0 aliphatic heterocycles. The van der Waals surface area contributed by atoms with Gasteiger partial charge in [0.25, 0.3) is 0 Å². The Labute approximate surface area is 141 Å². The van der Waals surface area contributed by atoms with E-state index in [0.29, 0.717) is 11.8 Å². The molecule has 2 unspecified atom stereocenters. The van der Waals surface area contributed by atoms with Gasteiger partial charge in [0.1, 0.15) is 0 Å². The van der Waals surface area contributed by atoms with Gasteiger partial charge in [-0.05, 0) is 56.1 Å². The van der Waals surface area contributed by atoms with Crippen molar-refractivity contribution in [1.29, 1.82) is 0 Å². The van der Waals surface area contributed by atoms with Gasteiger partial charge >= 0.3 is 0 Å². The first-order valence-corrected chi connectivity index (χ1v) is 9.14. The Hall–Kier alpha value is -1.63. The summed E-state index contributed by atoms with van der Waals surface area (Å²) in [7, 11) is 0. The van der Waals surface area contributed by atoms with E-state index in [2.05, 4.69) is 68.6 Å². The van der Waals surface area contributed by atoms with Gasteiger partial charge in [0.2, 0.25) is 0 Å². The molecule has 0 heterocycles. The first kappa shape index (κ1) is 16.2. The summed E-state index contributed by atoms with van der Waals surface area (Å²) in [6.07, 6.45) is 19.2. The molecule has 0 saturated heterocycles. The molecule has 3 rings (SSSR count). The zero-order valence-corrected chi connectivity index (χ0v) is 14.5. The van der Waals surface area contributed by atoms with Gasteiger partial charge in [-0.3, -0.25) is 4.99 Å². The highest BCUT2D eigenvalue weighted by Gasteiger charge is 2.26. The van der Waals surface area contributed by atoms with Crippen molar-refractivity contribution in [2.75, 3.05) is 0 Å². The van der Waals surface area contributed by atoms with Crippen LogP contribution in [-0.2, 0) is 0 Å². The van der Waals surface area contributed by atoms with Crippen molar-refractivity contribution in [1.82, 2.24) is 0 Å². The summed E-state index contributed by atoms with van der Waals surface area (Å²) in [5.74, 6) is 1.15. The minimum absolute atomic E-state index is 0.117. The van der Waals surface area contributed by atoms with Crippen LogP contribution in [0.4, 0.5) is 5.69 Å². The SMILES string of the molecule is CC(C)(C=Nc1ccccc1C1C=CCCC1)C1C=CCCC1. The largest absolute Gasteiger partial charge is 0.260 e. The second-order valence-corrected chi connectivity index (χ2v) is 7.57. The molecular formula is C22H29N. The number of hydrogen-bond donors (Lipinski definition) is 0. The normalized spacial score (nSPS) is 25.1. The molecule has 0 fully saturated rings. The minimum atomic E-state index is 0.117. The Morgan fingerprint density at radius 1 is 1.00 bits per heavy atom. The summed E-state index contributed by atoms with van der Waals surface area (Å²) < 4.78 is 0. The molecule has 0 bridgehead atoms. The van der Waals surface area contributed by atoms with Crippen molar-refractivity contribution in [3.8, 4) is 0 Å². The average molecular weight is 307 g/mol. The fourth-order valence-electron chi connectivity index (χ4n) is 3.75. The molecule has 0 radical (unpaired) electrons. The summed E-state index contributed by atoms with van der Waals surface area (Å²) in [6.45, 7) is 4.64. The van der Waals surface area contributed by atoms with Gasteiger partial charge in [-0.1, -0.05) is 56.4 Å². The number of benzene rings is 1. The Morgan fingerprint density at radius 3 is 2.43 bits per heavy atom. The van der Waals surface area contributed by atoms with Crippen LogP contribution in [-0.4, -0.2) is 6.21 Å². The Morgan fingerprint density at radius 2 is 1.74 bits per heavy atom. The zero-order valence-electron chi connectivity index (χ0n) is 14.5. The molecule has 122 valence electrons. The molecule has 0 saturated carbocycles. The van der Waals surface area contributed by atoms with Crippen LogP contribution in [0.25, 0.3) is 0 Å². The number of para-hydroxylation sites is 1. The van der Waals surface area contributed by atoms with Crippen LogP contribution < -0.4 is 0 Å². The Kier molecular flexibility index (Phi) is 5.15. The molecule has 1 heteroatoms. The molecule has 0 aromatic heterocycles. The highest BCUT2D eigenvalue weighted by molar-refractivity contribution is 5.71. The van der Waals surface area contributed by atoms with Crippen LogP contribution in [0.5, 0.6) is 0 Å². The van der Waals surface area contributed by atoms with E-state index in [1.54, 1.807) is 0 Å². The second-order valence-electron chi connectivity index (χ2n) is 7.57. The zero-order chi connectivity index (χ0) is 16.1. The van der Waals surface area contributed by atoms with Crippen molar-refractivity contribution < 1.29 is 0 Å². The van der Waals surface area contributed by atoms with E-state index in [-0.39, 0.29) is 5.41 Å². The number of nitrogens with zero attached hydrogens (tertiary/aromatic N) is 1. The van der Waals surface area contributed by atoms with Crippen molar-refractivity contribution >= 4 is 11.9 Å². The molecule has 2 aliphatic carbocycles. The molecule has 1 aromatic carbocycles. The minimum Gasteiger partial charge on any atom is -0.260 e. The maximum Gasteiger partial charge on any atom is 0.0663 e. The van der Waals surface area contributed by atoms with Gasteiger partial charge in [0.05, 0.1) is 5.69 Å². The quantitative estimate of drug-likeness (QED) is 0.439. The van der Waals surface area contributed by atoms with E-state index in [9.17, 15) is 0 Å². The standard InChI is InChI=1S/C22H29N/c1-22(2,19-13-7-4-8-14-19)17-23-21-16-10-9-15-20(21)18-11-5-3-6-12-18/h5,7,9-11,13,15-19H,3-4,6,8,12,14H2,1-2H3. The predicted octanol–water partition coefficient (Wildman–Crippen LogP) is 6.60. The van der Waals surface area contributed by atoms with Crippen molar-refractivity contribution in [3.05, 3.63) is 54.1 Å². The lowest BCUT2D eigenvalue weighted by atomic mass is 9.75. The number of aliphatic imine (C=N–C) groups is 1. The maximum atomic E-state index is 4.94. The lowest BCUT2D eigenvalue weighted by Gasteiger charge is -2.30. The van der Waals surface area contributed by atoms with E-state index in [1.165, 1.54) is 44.1 Å². The topological polar surface area (TPSA) is 12.4 Å². The molecular weight excluding hydrogens is 278 g/mol. The third-order valence-corrected chi connectivity index (χ3v) is 5.34. The van der Waals surface area contributed by atoms with E-state index >= 15 is 0 Å². The fourth-order valence-corrected chi connectivity index (χ4v) is 3.75. The van der Waals surface area contributed by atoms with E-state index in [1.807, 2.05) is 0 Å². The van der Waals surface area contributed by atoms with Gasteiger partial charge in [-0.15, -0.1) is 0 Å². The fraction of sp³-hybridized carbons (Fsp3) is 0.500. The van der Waals surface area contributed by atoms with Gasteiger partial charge in [0.15, 0.2) is 0 Å². The van der Waals surface area contributed by atoms with Gasteiger partial charge in [-0.25, -0.2) is 0 Å². The van der Waals surface area contributed by atoms with Crippen LogP contribution >= 0.6 is 0 Å². The van der Waals surface area contributed by atoms with Gasteiger partial charge < -0.3 is 0 Å². The molecule has 2 atom stereocenters. The second kappa shape index (κ2) is 7.29. The summed E-state index contributed by atoms with van der Waals surface area (Å²) in [5, 5.41) is 0. The van der Waals surface area contributed by atoms with Crippen molar-refractivity contribution in [3.63, 3.8) is 0 Å². The summed E-state index contributed by atoms with van der Waals surface area (Å²) in [5.41, 5.74) is 2.65. The first-order valence-electron chi connectivity index (χ1n) is 9.14. The van der Waals surface area contributed by atoms with Crippen molar-refractivity contribution in [2.45, 2.75) is 58.3 Å². The van der Waals surface area contributed by atoms with E-state index in [0.717, 1.165) is 5.69 Å². The van der Waals surface area contributed by atoms with Crippen LogP contribution in [0.2, 0.25) is 0 Å². The average Bonchev–Trinajstić information content (AvgIpc) is 2.62.